The number of fused-ring (bicyclic) bond motifs is 1. The molecule has 6 rings (SSSR count). The van der Waals surface area contributed by atoms with E-state index in [-0.39, 0.29) is 0 Å². The van der Waals surface area contributed by atoms with Crippen LogP contribution in [-0.4, -0.2) is 0 Å². The highest BCUT2D eigenvalue weighted by molar-refractivity contribution is 7.21. The Morgan fingerprint density at radius 3 is 1.55 bits per heavy atom. The van der Waals surface area contributed by atoms with Gasteiger partial charge in [0.2, 0.25) is 5.52 Å². The monoisotopic (exact) mass is 567 g/mol. The van der Waals surface area contributed by atoms with E-state index < -0.39 is 10.2 Å². The van der Waals surface area contributed by atoms with Gasteiger partial charge < -0.3 is 0 Å². The Morgan fingerprint density at radius 1 is 0.575 bits per heavy atom. The fraction of sp³-hybridized carbons (Fsp3) is 0.0606. The third kappa shape index (κ3) is 6.29. The molecule has 0 saturated carbocycles. The van der Waals surface area contributed by atoms with Crippen molar-refractivity contribution in [1.29, 1.82) is 0 Å². The quantitative estimate of drug-likeness (QED) is 0.301. The second-order valence-corrected chi connectivity index (χ2v) is 11.1. The fourth-order valence-electron chi connectivity index (χ4n) is 4.80. The zero-order valence-corrected chi connectivity index (χ0v) is 23.5. The summed E-state index contributed by atoms with van der Waals surface area (Å²) in [5, 5.41) is 1.26. The van der Waals surface area contributed by atoms with E-state index in [2.05, 4.69) is 140 Å². The van der Waals surface area contributed by atoms with Gasteiger partial charge in [0.05, 0.1) is 5.56 Å². The highest BCUT2D eigenvalue weighted by Gasteiger charge is 2.26. The van der Waals surface area contributed by atoms with Crippen LogP contribution < -0.4 is 23.2 Å². The minimum atomic E-state index is -4.94. The maximum Gasteiger partial charge on any atom is 0.271 e. The molecule has 5 nitrogen and oxygen atoms in total. The Hall–Kier alpha value is -3.88. The molecule has 200 valence electrons. The summed E-state index contributed by atoms with van der Waals surface area (Å²) in [7, 11) is -2.76. The number of hydrogen-bond acceptors (Lipinski definition) is 5. The highest BCUT2D eigenvalue weighted by atomic mass is 35.7. The Labute approximate surface area is 239 Å². The van der Waals surface area contributed by atoms with Crippen molar-refractivity contribution in [2.24, 2.45) is 7.05 Å². The minimum absolute atomic E-state index is 1.23. The van der Waals surface area contributed by atoms with E-state index in [9.17, 15) is 0 Å². The third-order valence-corrected chi connectivity index (χ3v) is 7.88. The van der Waals surface area contributed by atoms with Gasteiger partial charge in [0.1, 0.15) is 11.7 Å². The van der Waals surface area contributed by atoms with Crippen LogP contribution in [0, 0.1) is 17.2 Å². The summed E-state index contributed by atoms with van der Waals surface area (Å²) in [6.07, 6.45) is 0. The molecule has 0 bridgehead atoms. The average molecular weight is 568 g/mol. The molecule has 0 spiro atoms. The van der Waals surface area contributed by atoms with Gasteiger partial charge in [-0.3, -0.25) is 0 Å². The smallest absolute Gasteiger partial charge is 0.222 e. The molecule has 7 heteroatoms. The van der Waals surface area contributed by atoms with Gasteiger partial charge >= 0.3 is 0 Å². The van der Waals surface area contributed by atoms with Crippen LogP contribution in [-0.2, 0) is 7.05 Å². The van der Waals surface area contributed by atoms with Gasteiger partial charge in [-0.05, 0) is 58.5 Å². The normalized spacial score (nSPS) is 11.2. The first-order valence-corrected chi connectivity index (χ1v) is 14.6. The lowest BCUT2D eigenvalue weighted by atomic mass is 9.88. The van der Waals surface area contributed by atoms with Crippen molar-refractivity contribution < 1.29 is 33.4 Å². The van der Waals surface area contributed by atoms with Gasteiger partial charge in [-0.2, -0.15) is 4.57 Å². The van der Waals surface area contributed by atoms with Crippen molar-refractivity contribution in [2.45, 2.75) is 6.92 Å². The van der Waals surface area contributed by atoms with Crippen LogP contribution in [0.2, 0.25) is 0 Å². The van der Waals surface area contributed by atoms with Gasteiger partial charge in [0, 0.05) is 6.07 Å². The molecular formula is C33H26ClNO4S. The van der Waals surface area contributed by atoms with Crippen LogP contribution in [0.4, 0.5) is 0 Å². The molecule has 0 fully saturated rings. The molecule has 0 aliphatic heterocycles. The van der Waals surface area contributed by atoms with E-state index in [1.165, 1.54) is 59.7 Å². The second kappa shape index (κ2) is 11.7. The van der Waals surface area contributed by atoms with Crippen LogP contribution in [0.15, 0.2) is 121 Å². The number of benzene rings is 5. The fourth-order valence-corrected chi connectivity index (χ4v) is 6.02. The lowest BCUT2D eigenvalue weighted by Crippen LogP contribution is -2.68. The number of hydrogen-bond donors (Lipinski definition) is 0. The largest absolute Gasteiger partial charge is 0.271 e. The van der Waals surface area contributed by atoms with Crippen molar-refractivity contribution in [2.75, 3.05) is 0 Å². The predicted molar refractivity (Wildman–Crippen MR) is 149 cm³/mol. The Balaban J connectivity index is 0.000000595. The third-order valence-electron chi connectivity index (χ3n) is 6.64. The van der Waals surface area contributed by atoms with Crippen molar-refractivity contribution in [1.82, 2.24) is 0 Å². The number of para-hydroxylation sites is 1. The molecule has 0 atom stereocenters. The van der Waals surface area contributed by atoms with E-state index in [0.29, 0.717) is 0 Å². The number of halogens is 1. The molecule has 0 unspecified atom stereocenters. The molecule has 0 aliphatic rings. The standard InChI is InChI=1S/C33H26NS.ClHO4/c1-23-17-19-24(20-18-23)27-21-28(25-11-5-3-6-12-25)32(29(22-27)26-13-7-4-8-14-26)33-34(2)30-15-9-10-16-31(30)35-33;2-1(3,4)5/h3-22H,1-2H3;(H,2,3,4,5)/q+1;/p-1. The molecule has 0 saturated heterocycles. The van der Waals surface area contributed by atoms with E-state index >= 15 is 0 Å². The summed E-state index contributed by atoms with van der Waals surface area (Å²) >= 11 is 1.86. The minimum Gasteiger partial charge on any atom is -0.222 e. The van der Waals surface area contributed by atoms with Crippen LogP contribution in [0.25, 0.3) is 54.2 Å². The zero-order valence-electron chi connectivity index (χ0n) is 21.9. The molecule has 0 amide bonds. The topological polar surface area (TPSA) is 96.1 Å². The summed E-state index contributed by atoms with van der Waals surface area (Å²) < 4.78 is 37.6. The first kappa shape index (κ1) is 27.7. The molecule has 40 heavy (non-hydrogen) atoms. The molecule has 0 N–H and O–H groups in total. The molecule has 0 radical (unpaired) electrons. The van der Waals surface area contributed by atoms with E-state index in [1.807, 2.05) is 11.3 Å². The first-order chi connectivity index (χ1) is 19.2. The number of rotatable bonds is 4. The lowest BCUT2D eigenvalue weighted by Gasteiger charge is -2.17. The maximum atomic E-state index is 8.49. The Morgan fingerprint density at radius 2 is 1.05 bits per heavy atom. The van der Waals surface area contributed by atoms with Crippen molar-refractivity contribution in [3.05, 3.63) is 127 Å². The zero-order chi connectivity index (χ0) is 28.3. The van der Waals surface area contributed by atoms with Gasteiger partial charge in [0.15, 0.2) is 0 Å². The molecule has 1 aromatic heterocycles. The summed E-state index contributed by atoms with van der Waals surface area (Å²) in [6.45, 7) is 2.14. The molecular weight excluding hydrogens is 542 g/mol. The van der Waals surface area contributed by atoms with E-state index in [1.54, 1.807) is 0 Å². The maximum absolute atomic E-state index is 8.49. The van der Waals surface area contributed by atoms with E-state index in [4.69, 9.17) is 18.6 Å². The van der Waals surface area contributed by atoms with Crippen molar-refractivity contribution in [3.63, 3.8) is 0 Å². The number of thiazole rings is 1. The van der Waals surface area contributed by atoms with Crippen LogP contribution >= 0.6 is 11.3 Å². The van der Waals surface area contributed by atoms with Gasteiger partial charge in [-0.25, -0.2) is 18.6 Å². The number of aromatic nitrogens is 1. The lowest BCUT2D eigenvalue weighted by molar-refractivity contribution is -2.00. The van der Waals surface area contributed by atoms with Gasteiger partial charge in [-0.1, -0.05) is 114 Å². The molecule has 0 aliphatic carbocycles. The van der Waals surface area contributed by atoms with Crippen LogP contribution in [0.5, 0.6) is 0 Å². The average Bonchev–Trinajstić information content (AvgIpc) is 3.29. The molecule has 1 heterocycles. The number of nitrogens with zero attached hydrogens (tertiary/aromatic N) is 1. The van der Waals surface area contributed by atoms with Crippen LogP contribution in [0.1, 0.15) is 5.56 Å². The highest BCUT2D eigenvalue weighted by Crippen LogP contribution is 2.44. The Kier molecular flexibility index (Phi) is 8.09. The SMILES string of the molecule is Cc1ccc(-c2cc(-c3ccccc3)c(-c3sc4ccccc4[n+]3C)c(-c3ccccc3)c2)cc1.[O-][Cl+3]([O-])([O-])[O-]. The second-order valence-electron chi connectivity index (χ2n) is 9.36. The number of aryl methyl sites for hydroxylation is 2. The van der Waals surface area contributed by atoms with Gasteiger partial charge in [0.25, 0.3) is 5.01 Å². The first-order valence-electron chi connectivity index (χ1n) is 12.5. The van der Waals surface area contributed by atoms with E-state index in [0.717, 1.165) is 0 Å². The van der Waals surface area contributed by atoms with Gasteiger partial charge in [-0.15, -0.1) is 10.2 Å². The summed E-state index contributed by atoms with van der Waals surface area (Å²) in [4.78, 5) is 0. The summed E-state index contributed by atoms with van der Waals surface area (Å²) in [6, 6.07) is 43.8. The molecule has 6 aromatic rings. The molecule has 5 aromatic carbocycles. The Bertz CT molecular complexity index is 1680. The van der Waals surface area contributed by atoms with Crippen molar-refractivity contribution >= 4 is 21.6 Å². The predicted octanol–water partition coefficient (Wildman–Crippen LogP) is 3.95. The van der Waals surface area contributed by atoms with Crippen LogP contribution in [0.3, 0.4) is 0 Å². The van der Waals surface area contributed by atoms with Crippen molar-refractivity contribution in [3.8, 4) is 44.0 Å². The summed E-state index contributed by atoms with van der Waals surface area (Å²) in [5.41, 5.74) is 11.2. The summed E-state index contributed by atoms with van der Waals surface area (Å²) in [5.74, 6) is 0.